The molecule has 0 atom stereocenters. The molecule has 1 aromatic heterocycles. The summed E-state index contributed by atoms with van der Waals surface area (Å²) in [5, 5.41) is 4.17. The lowest BCUT2D eigenvalue weighted by molar-refractivity contribution is -0.116. The van der Waals surface area contributed by atoms with Crippen LogP contribution in [0.4, 0.5) is 0 Å². The van der Waals surface area contributed by atoms with E-state index in [1.807, 2.05) is 30.3 Å². The Kier molecular flexibility index (Phi) is 4.16. The number of benzene rings is 1. The first-order valence-electron chi connectivity index (χ1n) is 8.73. The van der Waals surface area contributed by atoms with Gasteiger partial charge >= 0.3 is 5.97 Å². The van der Waals surface area contributed by atoms with Gasteiger partial charge in [0.25, 0.3) is 5.91 Å². The Morgan fingerprint density at radius 2 is 2.08 bits per heavy atom. The lowest BCUT2D eigenvalue weighted by Gasteiger charge is -2.07. The first kappa shape index (κ1) is 16.3. The number of carbonyl (C=O) groups excluding carboxylic acids is 2. The minimum absolute atomic E-state index is 0.210. The quantitative estimate of drug-likeness (QED) is 0.642. The van der Waals surface area contributed by atoms with Crippen molar-refractivity contribution in [1.82, 2.24) is 10.4 Å². The third kappa shape index (κ3) is 2.94. The molecular weight excluding hydrogens is 330 g/mol. The Morgan fingerprint density at radius 3 is 2.77 bits per heavy atom. The second kappa shape index (κ2) is 6.63. The van der Waals surface area contributed by atoms with Crippen LogP contribution in [0.25, 0.3) is 17.2 Å². The van der Waals surface area contributed by atoms with E-state index in [-0.39, 0.29) is 11.9 Å². The number of hydrogen-bond acceptors (Lipinski definition) is 4. The van der Waals surface area contributed by atoms with Crippen LogP contribution in [0.5, 0.6) is 0 Å². The van der Waals surface area contributed by atoms with Gasteiger partial charge in [-0.3, -0.25) is 4.79 Å². The fraction of sp³-hybridized carbons (Fsp3) is 0.250. The van der Waals surface area contributed by atoms with Crippen molar-refractivity contribution in [2.75, 3.05) is 6.61 Å². The predicted molar refractivity (Wildman–Crippen MR) is 98.5 cm³/mol. The standard InChI is InChI=1S/C20H19N3O3/c1-2-26-20(25)15-11-21-16(17(15)12-6-4-3-5-7-12)10-14-18(13-8-9-13)22-23-19(14)24/h3-7,10-11,13,21H,2,8-9H2,1H3,(H,23,24)/b14-10+. The Labute approximate surface area is 150 Å². The maximum atomic E-state index is 12.4. The molecule has 132 valence electrons. The number of nitrogens with one attached hydrogen (secondary N) is 2. The molecule has 2 aromatic rings. The van der Waals surface area contributed by atoms with Crippen LogP contribution in [0, 0.1) is 5.92 Å². The van der Waals surface area contributed by atoms with Gasteiger partial charge in [-0.05, 0) is 31.4 Å². The number of aromatic nitrogens is 1. The molecule has 1 aromatic carbocycles. The Morgan fingerprint density at radius 1 is 1.31 bits per heavy atom. The van der Waals surface area contributed by atoms with Crippen LogP contribution in [0.1, 0.15) is 35.8 Å². The number of hydrogen-bond donors (Lipinski definition) is 2. The summed E-state index contributed by atoms with van der Waals surface area (Å²) in [6.07, 6.45) is 5.52. The number of rotatable bonds is 5. The minimum atomic E-state index is -0.390. The average molecular weight is 349 g/mol. The first-order chi connectivity index (χ1) is 12.7. The summed E-state index contributed by atoms with van der Waals surface area (Å²) in [4.78, 5) is 27.7. The van der Waals surface area contributed by atoms with Crippen molar-refractivity contribution in [2.24, 2.45) is 11.0 Å². The molecule has 0 spiro atoms. The highest BCUT2D eigenvalue weighted by Crippen LogP contribution is 2.36. The molecule has 1 aliphatic carbocycles. The second-order valence-corrected chi connectivity index (χ2v) is 6.35. The molecule has 2 aliphatic rings. The van der Waals surface area contributed by atoms with E-state index in [0.717, 1.165) is 29.7 Å². The molecule has 2 N–H and O–H groups in total. The zero-order valence-corrected chi connectivity index (χ0v) is 14.4. The van der Waals surface area contributed by atoms with Crippen molar-refractivity contribution in [3.05, 3.63) is 53.4 Å². The van der Waals surface area contributed by atoms with Crippen molar-refractivity contribution >= 4 is 23.7 Å². The van der Waals surface area contributed by atoms with E-state index in [2.05, 4.69) is 15.5 Å². The van der Waals surface area contributed by atoms with Gasteiger partial charge in [-0.25, -0.2) is 10.2 Å². The molecule has 1 fully saturated rings. The molecule has 0 radical (unpaired) electrons. The van der Waals surface area contributed by atoms with Crippen LogP contribution < -0.4 is 5.43 Å². The van der Waals surface area contributed by atoms with Crippen molar-refractivity contribution in [3.63, 3.8) is 0 Å². The second-order valence-electron chi connectivity index (χ2n) is 6.35. The van der Waals surface area contributed by atoms with E-state index in [0.29, 0.717) is 29.4 Å². The van der Waals surface area contributed by atoms with Crippen molar-refractivity contribution in [1.29, 1.82) is 0 Å². The summed E-state index contributed by atoms with van der Waals surface area (Å²) in [5.74, 6) is -0.253. The van der Waals surface area contributed by atoms with Crippen LogP contribution in [-0.4, -0.2) is 29.2 Å². The van der Waals surface area contributed by atoms with Crippen molar-refractivity contribution in [2.45, 2.75) is 19.8 Å². The monoisotopic (exact) mass is 349 g/mol. The van der Waals surface area contributed by atoms with Gasteiger partial charge in [0.2, 0.25) is 0 Å². The lowest BCUT2D eigenvalue weighted by Crippen LogP contribution is -2.13. The SMILES string of the molecule is CCOC(=O)c1c[nH]c(/C=C2/C(=O)NN=C2C2CC2)c1-c1ccccc1. The Balaban J connectivity index is 1.81. The summed E-state index contributed by atoms with van der Waals surface area (Å²) in [6, 6.07) is 9.60. The van der Waals surface area contributed by atoms with Crippen LogP contribution >= 0.6 is 0 Å². The number of aromatic amines is 1. The van der Waals surface area contributed by atoms with Gasteiger partial charge in [0, 0.05) is 23.4 Å². The number of esters is 1. The van der Waals surface area contributed by atoms with E-state index in [1.54, 1.807) is 19.2 Å². The fourth-order valence-corrected chi connectivity index (χ4v) is 3.14. The molecule has 6 heteroatoms. The molecule has 0 unspecified atom stereocenters. The average Bonchev–Trinajstić information content (AvgIpc) is 3.31. The van der Waals surface area contributed by atoms with Crippen LogP contribution in [-0.2, 0) is 9.53 Å². The largest absolute Gasteiger partial charge is 0.462 e. The zero-order chi connectivity index (χ0) is 18.1. The van der Waals surface area contributed by atoms with Crippen LogP contribution in [0.15, 0.2) is 47.2 Å². The van der Waals surface area contributed by atoms with Gasteiger partial charge in [0.1, 0.15) is 0 Å². The number of ether oxygens (including phenoxy) is 1. The number of H-pyrrole nitrogens is 1. The van der Waals surface area contributed by atoms with Crippen LogP contribution in [0.3, 0.4) is 0 Å². The molecule has 0 saturated heterocycles. The highest BCUT2D eigenvalue weighted by Gasteiger charge is 2.36. The Hall–Kier alpha value is -3.15. The van der Waals surface area contributed by atoms with E-state index >= 15 is 0 Å². The normalized spacial score (nSPS) is 18.0. The Bertz CT molecular complexity index is 921. The van der Waals surface area contributed by atoms with E-state index in [9.17, 15) is 9.59 Å². The van der Waals surface area contributed by atoms with Gasteiger partial charge in [0.15, 0.2) is 0 Å². The highest BCUT2D eigenvalue weighted by atomic mass is 16.5. The molecule has 1 aliphatic heterocycles. The summed E-state index contributed by atoms with van der Waals surface area (Å²) >= 11 is 0. The van der Waals surface area contributed by atoms with Gasteiger partial charge in [-0.2, -0.15) is 5.10 Å². The maximum Gasteiger partial charge on any atom is 0.340 e. The van der Waals surface area contributed by atoms with Crippen molar-refractivity contribution < 1.29 is 14.3 Å². The van der Waals surface area contributed by atoms with Gasteiger partial charge in [-0.1, -0.05) is 30.3 Å². The topological polar surface area (TPSA) is 83.5 Å². The third-order valence-corrected chi connectivity index (χ3v) is 4.52. The fourth-order valence-electron chi connectivity index (χ4n) is 3.14. The smallest absolute Gasteiger partial charge is 0.340 e. The molecule has 4 rings (SSSR count). The lowest BCUT2D eigenvalue weighted by atomic mass is 9.98. The summed E-state index contributed by atoms with van der Waals surface area (Å²) < 4.78 is 5.18. The van der Waals surface area contributed by atoms with E-state index in [1.165, 1.54) is 0 Å². The summed E-state index contributed by atoms with van der Waals surface area (Å²) in [6.45, 7) is 2.08. The number of nitrogens with zero attached hydrogens (tertiary/aromatic N) is 1. The maximum absolute atomic E-state index is 12.4. The molecule has 0 bridgehead atoms. The van der Waals surface area contributed by atoms with Gasteiger partial charge in [-0.15, -0.1) is 0 Å². The molecule has 6 nitrogen and oxygen atoms in total. The summed E-state index contributed by atoms with van der Waals surface area (Å²) in [5.41, 5.74) is 6.67. The number of amides is 1. The molecule has 2 heterocycles. The molecule has 26 heavy (non-hydrogen) atoms. The third-order valence-electron chi connectivity index (χ3n) is 4.52. The van der Waals surface area contributed by atoms with E-state index in [4.69, 9.17) is 4.74 Å². The number of carbonyl (C=O) groups is 2. The van der Waals surface area contributed by atoms with Crippen molar-refractivity contribution in [3.8, 4) is 11.1 Å². The highest BCUT2D eigenvalue weighted by molar-refractivity contribution is 6.29. The molecule has 1 amide bonds. The minimum Gasteiger partial charge on any atom is -0.462 e. The van der Waals surface area contributed by atoms with Gasteiger partial charge < -0.3 is 9.72 Å². The zero-order valence-electron chi connectivity index (χ0n) is 14.4. The predicted octanol–water partition coefficient (Wildman–Crippen LogP) is 3.14. The van der Waals surface area contributed by atoms with Crippen LogP contribution in [0.2, 0.25) is 0 Å². The van der Waals surface area contributed by atoms with E-state index < -0.39 is 0 Å². The van der Waals surface area contributed by atoms with Gasteiger partial charge in [0.05, 0.1) is 23.5 Å². The first-order valence-corrected chi connectivity index (χ1v) is 8.73. The summed E-state index contributed by atoms with van der Waals surface area (Å²) in [7, 11) is 0. The number of hydrazone groups is 1. The molecular formula is C20H19N3O3. The molecule has 1 saturated carbocycles.